The Labute approximate surface area is 110 Å². The first kappa shape index (κ1) is 12.6. The van der Waals surface area contributed by atoms with Gasteiger partial charge in [-0.15, -0.1) is 11.3 Å². The summed E-state index contributed by atoms with van der Waals surface area (Å²) in [4.78, 5) is 3.93. The van der Waals surface area contributed by atoms with Gasteiger partial charge in [-0.3, -0.25) is 4.90 Å². The quantitative estimate of drug-likeness (QED) is 0.927. The molecule has 2 heterocycles. The molecule has 16 heavy (non-hydrogen) atoms. The van der Waals surface area contributed by atoms with Gasteiger partial charge in [-0.1, -0.05) is 0 Å². The molecule has 4 heteroatoms. The van der Waals surface area contributed by atoms with Crippen LogP contribution in [0, 0.1) is 0 Å². The smallest absolute Gasteiger partial charge is 0.0580 e. The van der Waals surface area contributed by atoms with Gasteiger partial charge in [0.1, 0.15) is 0 Å². The van der Waals surface area contributed by atoms with Crippen LogP contribution in [0.1, 0.15) is 37.6 Å². The van der Waals surface area contributed by atoms with E-state index >= 15 is 0 Å². The Balaban J connectivity index is 2.27. The van der Waals surface area contributed by atoms with Crippen molar-refractivity contribution >= 4 is 27.3 Å². The Hall–Kier alpha value is 0.100. The fraction of sp³-hybridized carbons (Fsp3) is 0.667. The van der Waals surface area contributed by atoms with E-state index in [-0.39, 0.29) is 5.54 Å². The SMILES string of the molecule is CC1(C)CCCN1C(CN)c1sccc1Br. The van der Waals surface area contributed by atoms with Crippen LogP contribution in [-0.4, -0.2) is 23.5 Å². The molecule has 0 radical (unpaired) electrons. The minimum atomic E-state index is 0.285. The molecular formula is C12H19BrN2S. The highest BCUT2D eigenvalue weighted by atomic mass is 79.9. The third kappa shape index (κ3) is 2.21. The Bertz CT molecular complexity index is 362. The van der Waals surface area contributed by atoms with Crippen molar-refractivity contribution in [3.63, 3.8) is 0 Å². The number of nitrogens with zero attached hydrogens (tertiary/aromatic N) is 1. The topological polar surface area (TPSA) is 29.3 Å². The molecule has 2 rings (SSSR count). The maximum atomic E-state index is 5.98. The molecule has 0 aliphatic carbocycles. The summed E-state index contributed by atoms with van der Waals surface area (Å²) in [6, 6.07) is 2.48. The van der Waals surface area contributed by atoms with E-state index in [2.05, 4.69) is 46.1 Å². The number of hydrogen-bond acceptors (Lipinski definition) is 3. The van der Waals surface area contributed by atoms with Gasteiger partial charge in [0.15, 0.2) is 0 Å². The highest BCUT2D eigenvalue weighted by Crippen LogP contribution is 2.40. The molecule has 1 aromatic heterocycles. The summed E-state index contributed by atoms with van der Waals surface area (Å²) in [5.41, 5.74) is 6.26. The van der Waals surface area contributed by atoms with Crippen molar-refractivity contribution in [1.29, 1.82) is 0 Å². The molecule has 1 saturated heterocycles. The van der Waals surface area contributed by atoms with Crippen LogP contribution in [0.4, 0.5) is 0 Å². The maximum Gasteiger partial charge on any atom is 0.0580 e. The number of thiophene rings is 1. The molecule has 90 valence electrons. The van der Waals surface area contributed by atoms with Gasteiger partial charge in [-0.25, -0.2) is 0 Å². The first-order chi connectivity index (χ1) is 7.56. The van der Waals surface area contributed by atoms with Crippen LogP contribution in [0.5, 0.6) is 0 Å². The van der Waals surface area contributed by atoms with E-state index in [0.29, 0.717) is 12.6 Å². The Morgan fingerprint density at radius 2 is 2.38 bits per heavy atom. The molecule has 2 N–H and O–H groups in total. The number of halogens is 1. The molecule has 0 spiro atoms. The molecule has 0 saturated carbocycles. The summed E-state index contributed by atoms with van der Waals surface area (Å²) in [5.74, 6) is 0. The molecule has 0 bridgehead atoms. The lowest BCUT2D eigenvalue weighted by Gasteiger charge is -2.37. The van der Waals surface area contributed by atoms with Crippen molar-refractivity contribution in [2.75, 3.05) is 13.1 Å². The second-order valence-electron chi connectivity index (χ2n) is 4.99. The van der Waals surface area contributed by atoms with Crippen LogP contribution in [0.3, 0.4) is 0 Å². The Morgan fingerprint density at radius 1 is 1.62 bits per heavy atom. The van der Waals surface area contributed by atoms with Gasteiger partial charge in [-0.2, -0.15) is 0 Å². The van der Waals surface area contributed by atoms with Gasteiger partial charge in [0.05, 0.1) is 6.04 Å². The lowest BCUT2D eigenvalue weighted by Crippen LogP contribution is -2.43. The van der Waals surface area contributed by atoms with Gasteiger partial charge >= 0.3 is 0 Å². The summed E-state index contributed by atoms with van der Waals surface area (Å²) in [6.07, 6.45) is 2.55. The van der Waals surface area contributed by atoms with E-state index < -0.39 is 0 Å². The van der Waals surface area contributed by atoms with Crippen molar-refractivity contribution < 1.29 is 0 Å². The number of rotatable bonds is 3. The summed E-state index contributed by atoms with van der Waals surface area (Å²) in [5, 5.41) is 2.13. The molecule has 1 atom stereocenters. The highest BCUT2D eigenvalue weighted by Gasteiger charge is 2.37. The van der Waals surface area contributed by atoms with Crippen LogP contribution in [-0.2, 0) is 0 Å². The zero-order valence-electron chi connectivity index (χ0n) is 9.87. The summed E-state index contributed by atoms with van der Waals surface area (Å²) in [6.45, 7) is 6.51. The van der Waals surface area contributed by atoms with Crippen molar-refractivity contribution in [3.05, 3.63) is 20.8 Å². The lowest BCUT2D eigenvalue weighted by molar-refractivity contribution is 0.121. The van der Waals surface area contributed by atoms with Gasteiger partial charge in [0.25, 0.3) is 0 Å². The highest BCUT2D eigenvalue weighted by molar-refractivity contribution is 9.10. The van der Waals surface area contributed by atoms with E-state index in [4.69, 9.17) is 5.73 Å². The zero-order chi connectivity index (χ0) is 11.8. The minimum Gasteiger partial charge on any atom is -0.329 e. The number of likely N-dealkylation sites (tertiary alicyclic amines) is 1. The number of nitrogens with two attached hydrogens (primary N) is 1. The first-order valence-corrected chi connectivity index (χ1v) is 7.43. The summed E-state index contributed by atoms with van der Waals surface area (Å²) >= 11 is 5.42. The third-order valence-electron chi connectivity index (χ3n) is 3.51. The van der Waals surface area contributed by atoms with E-state index in [1.807, 2.05) is 0 Å². The summed E-state index contributed by atoms with van der Waals surface area (Å²) < 4.78 is 1.20. The fourth-order valence-corrected chi connectivity index (χ4v) is 4.39. The normalized spacial score (nSPS) is 22.5. The molecule has 1 fully saturated rings. The van der Waals surface area contributed by atoms with Crippen molar-refractivity contribution in [3.8, 4) is 0 Å². The largest absolute Gasteiger partial charge is 0.329 e. The second kappa shape index (κ2) is 4.77. The van der Waals surface area contributed by atoms with Crippen molar-refractivity contribution in [2.24, 2.45) is 5.73 Å². The Kier molecular flexibility index (Phi) is 3.74. The molecule has 1 aliphatic heterocycles. The van der Waals surface area contributed by atoms with Crippen LogP contribution >= 0.6 is 27.3 Å². The van der Waals surface area contributed by atoms with E-state index in [9.17, 15) is 0 Å². The summed E-state index contributed by atoms with van der Waals surface area (Å²) in [7, 11) is 0. The van der Waals surface area contributed by atoms with Gasteiger partial charge in [0, 0.05) is 21.4 Å². The van der Waals surface area contributed by atoms with Crippen molar-refractivity contribution in [2.45, 2.75) is 38.3 Å². The van der Waals surface area contributed by atoms with Crippen LogP contribution in [0.15, 0.2) is 15.9 Å². The van der Waals surface area contributed by atoms with Crippen molar-refractivity contribution in [1.82, 2.24) is 4.90 Å². The Morgan fingerprint density at radius 3 is 2.81 bits per heavy atom. The third-order valence-corrected chi connectivity index (χ3v) is 5.48. The molecule has 1 unspecified atom stereocenters. The fourth-order valence-electron chi connectivity index (χ4n) is 2.62. The lowest BCUT2D eigenvalue weighted by atomic mass is 10.00. The monoisotopic (exact) mass is 302 g/mol. The maximum absolute atomic E-state index is 5.98. The zero-order valence-corrected chi connectivity index (χ0v) is 12.3. The number of hydrogen-bond donors (Lipinski definition) is 1. The minimum absolute atomic E-state index is 0.285. The average molecular weight is 303 g/mol. The standard InChI is InChI=1S/C12H19BrN2S/c1-12(2)5-3-6-15(12)10(8-14)11-9(13)4-7-16-11/h4,7,10H,3,5-6,8,14H2,1-2H3. The predicted octanol–water partition coefficient (Wildman–Crippen LogP) is 3.38. The molecule has 0 aromatic carbocycles. The van der Waals surface area contributed by atoms with Crippen LogP contribution in [0.2, 0.25) is 0 Å². The van der Waals surface area contributed by atoms with E-state index in [1.165, 1.54) is 28.7 Å². The average Bonchev–Trinajstić information content (AvgIpc) is 2.77. The molecule has 2 nitrogen and oxygen atoms in total. The predicted molar refractivity (Wildman–Crippen MR) is 73.8 cm³/mol. The van der Waals surface area contributed by atoms with Gasteiger partial charge in [0.2, 0.25) is 0 Å². The van der Waals surface area contributed by atoms with Crippen LogP contribution < -0.4 is 5.73 Å². The van der Waals surface area contributed by atoms with Gasteiger partial charge < -0.3 is 5.73 Å². The second-order valence-corrected chi connectivity index (χ2v) is 6.80. The van der Waals surface area contributed by atoms with Crippen LogP contribution in [0.25, 0.3) is 0 Å². The van der Waals surface area contributed by atoms with E-state index in [0.717, 1.165) is 0 Å². The molecule has 0 amide bonds. The van der Waals surface area contributed by atoms with Gasteiger partial charge in [-0.05, 0) is 60.6 Å². The molecule has 1 aromatic rings. The first-order valence-electron chi connectivity index (χ1n) is 5.76. The van der Waals surface area contributed by atoms with E-state index in [1.54, 1.807) is 11.3 Å². The molecular weight excluding hydrogens is 284 g/mol. The molecule has 1 aliphatic rings.